The van der Waals surface area contributed by atoms with E-state index >= 15 is 0 Å². The quantitative estimate of drug-likeness (QED) is 0.657. The van der Waals surface area contributed by atoms with Crippen LogP contribution in [0.3, 0.4) is 0 Å². The van der Waals surface area contributed by atoms with Gasteiger partial charge in [-0.2, -0.15) is 5.10 Å². The van der Waals surface area contributed by atoms with Crippen LogP contribution in [-0.4, -0.2) is 15.7 Å². The fourth-order valence-corrected chi connectivity index (χ4v) is 2.80. The zero-order chi connectivity index (χ0) is 19.4. The summed E-state index contributed by atoms with van der Waals surface area (Å²) in [5.74, 6) is 1.25. The van der Waals surface area contributed by atoms with Crippen LogP contribution in [0.25, 0.3) is 0 Å². The summed E-state index contributed by atoms with van der Waals surface area (Å²) in [6.45, 7) is 7.36. The maximum Gasteiger partial charge on any atom is 0.287 e. The van der Waals surface area contributed by atoms with Crippen molar-refractivity contribution >= 4 is 17.5 Å². The largest absolute Gasteiger partial charge is 0.486 e. The molecule has 2 aromatic heterocycles. The SMILES string of the molecule is CCn1ncc(CNC(=O)c2ccc(COc3ccc(Cl)c(C)c3)o2)c1C. The third-order valence-corrected chi connectivity index (χ3v) is 4.76. The first-order chi connectivity index (χ1) is 13.0. The van der Waals surface area contributed by atoms with Crippen LogP contribution >= 0.6 is 11.6 Å². The molecular formula is C20H22ClN3O3. The number of hydrogen-bond donors (Lipinski definition) is 1. The molecule has 0 aliphatic rings. The van der Waals surface area contributed by atoms with Crippen LogP contribution in [0.4, 0.5) is 0 Å². The number of carbonyl (C=O) groups is 1. The zero-order valence-electron chi connectivity index (χ0n) is 15.6. The van der Waals surface area contributed by atoms with Crippen LogP contribution in [0, 0.1) is 13.8 Å². The molecule has 0 bridgehead atoms. The lowest BCUT2D eigenvalue weighted by Crippen LogP contribution is -2.22. The Morgan fingerprint density at radius 2 is 2.11 bits per heavy atom. The van der Waals surface area contributed by atoms with Crippen LogP contribution in [0.5, 0.6) is 5.75 Å². The lowest BCUT2D eigenvalue weighted by atomic mass is 10.2. The lowest BCUT2D eigenvalue weighted by molar-refractivity contribution is 0.0919. The minimum atomic E-state index is -0.271. The molecule has 1 amide bonds. The van der Waals surface area contributed by atoms with E-state index in [1.54, 1.807) is 30.5 Å². The monoisotopic (exact) mass is 387 g/mol. The van der Waals surface area contributed by atoms with Gasteiger partial charge in [-0.05, 0) is 56.7 Å². The average molecular weight is 388 g/mol. The third kappa shape index (κ3) is 4.52. The molecule has 0 aliphatic heterocycles. The number of aryl methyl sites for hydroxylation is 2. The summed E-state index contributed by atoms with van der Waals surface area (Å²) in [6.07, 6.45) is 1.77. The standard InChI is InChI=1S/C20H22ClN3O3/c1-4-24-14(3)15(11-23-24)10-22-20(25)19-8-6-17(27-19)12-26-16-5-7-18(21)13(2)9-16/h5-9,11H,4,10,12H2,1-3H3,(H,22,25). The molecule has 0 saturated carbocycles. The predicted molar refractivity (Wildman–Crippen MR) is 103 cm³/mol. The van der Waals surface area contributed by atoms with Gasteiger partial charge >= 0.3 is 0 Å². The first-order valence-corrected chi connectivity index (χ1v) is 9.13. The van der Waals surface area contributed by atoms with Crippen molar-refractivity contribution in [1.82, 2.24) is 15.1 Å². The molecule has 1 N–H and O–H groups in total. The van der Waals surface area contributed by atoms with Crippen LogP contribution < -0.4 is 10.1 Å². The highest BCUT2D eigenvalue weighted by molar-refractivity contribution is 6.31. The smallest absolute Gasteiger partial charge is 0.287 e. The summed E-state index contributed by atoms with van der Waals surface area (Å²) in [7, 11) is 0. The van der Waals surface area contributed by atoms with Gasteiger partial charge in [0.05, 0.1) is 6.20 Å². The van der Waals surface area contributed by atoms with Gasteiger partial charge in [0, 0.05) is 29.4 Å². The van der Waals surface area contributed by atoms with Gasteiger partial charge in [-0.15, -0.1) is 0 Å². The maximum absolute atomic E-state index is 12.3. The molecule has 3 aromatic rings. The molecule has 2 heterocycles. The number of aromatic nitrogens is 2. The van der Waals surface area contributed by atoms with Crippen LogP contribution in [-0.2, 0) is 19.7 Å². The Morgan fingerprint density at radius 3 is 2.81 bits per heavy atom. The molecule has 3 rings (SSSR count). The number of amides is 1. The van der Waals surface area contributed by atoms with E-state index in [9.17, 15) is 4.79 Å². The van der Waals surface area contributed by atoms with Crippen LogP contribution in [0.2, 0.25) is 5.02 Å². The molecule has 0 atom stereocenters. The van der Waals surface area contributed by atoms with Crippen molar-refractivity contribution < 1.29 is 13.9 Å². The number of nitrogens with zero attached hydrogens (tertiary/aromatic N) is 2. The topological polar surface area (TPSA) is 69.3 Å². The molecule has 1 aromatic carbocycles. The van der Waals surface area contributed by atoms with Gasteiger partial charge in [0.15, 0.2) is 5.76 Å². The zero-order valence-corrected chi connectivity index (χ0v) is 16.3. The van der Waals surface area contributed by atoms with Gasteiger partial charge in [-0.3, -0.25) is 9.48 Å². The summed E-state index contributed by atoms with van der Waals surface area (Å²) < 4.78 is 13.2. The number of hydrogen-bond acceptors (Lipinski definition) is 4. The van der Waals surface area contributed by atoms with Crippen molar-refractivity contribution in [2.75, 3.05) is 0 Å². The normalized spacial score (nSPS) is 10.8. The molecule has 0 fully saturated rings. The highest BCUT2D eigenvalue weighted by Crippen LogP contribution is 2.22. The second kappa shape index (κ2) is 8.31. The van der Waals surface area contributed by atoms with E-state index in [0.29, 0.717) is 23.1 Å². The molecule has 142 valence electrons. The van der Waals surface area contributed by atoms with E-state index in [1.807, 2.05) is 31.5 Å². The van der Waals surface area contributed by atoms with Crippen molar-refractivity contribution in [3.63, 3.8) is 0 Å². The Morgan fingerprint density at radius 1 is 1.30 bits per heavy atom. The van der Waals surface area contributed by atoms with Crippen molar-refractivity contribution in [3.05, 3.63) is 69.9 Å². The lowest BCUT2D eigenvalue weighted by Gasteiger charge is -2.06. The summed E-state index contributed by atoms with van der Waals surface area (Å²) in [5, 5.41) is 7.82. The minimum absolute atomic E-state index is 0.233. The molecule has 0 unspecified atom stereocenters. The number of nitrogens with one attached hydrogen (secondary N) is 1. The highest BCUT2D eigenvalue weighted by atomic mass is 35.5. The Kier molecular flexibility index (Phi) is 5.86. The van der Waals surface area contributed by atoms with E-state index in [4.69, 9.17) is 20.8 Å². The molecule has 6 nitrogen and oxygen atoms in total. The van der Waals surface area contributed by atoms with Gasteiger partial charge in [0.2, 0.25) is 0 Å². The summed E-state index contributed by atoms with van der Waals surface area (Å²) >= 11 is 6.01. The van der Waals surface area contributed by atoms with Crippen LogP contribution in [0.1, 0.15) is 40.1 Å². The molecule has 0 radical (unpaired) electrons. The van der Waals surface area contributed by atoms with E-state index in [0.717, 1.165) is 23.4 Å². The van der Waals surface area contributed by atoms with Gasteiger partial charge in [-0.25, -0.2) is 0 Å². The number of benzene rings is 1. The molecule has 0 saturated heterocycles. The number of ether oxygens (including phenoxy) is 1. The summed E-state index contributed by atoms with van der Waals surface area (Å²) in [6, 6.07) is 8.82. The van der Waals surface area contributed by atoms with Gasteiger partial charge in [0.1, 0.15) is 18.1 Å². The number of rotatable bonds is 7. The second-order valence-electron chi connectivity index (χ2n) is 6.22. The molecule has 7 heteroatoms. The van der Waals surface area contributed by atoms with Crippen molar-refractivity contribution in [2.24, 2.45) is 0 Å². The Balaban J connectivity index is 1.55. The third-order valence-electron chi connectivity index (χ3n) is 4.34. The van der Waals surface area contributed by atoms with E-state index in [-0.39, 0.29) is 18.3 Å². The van der Waals surface area contributed by atoms with Gasteiger partial charge < -0.3 is 14.5 Å². The Bertz CT molecular complexity index is 946. The fourth-order valence-electron chi connectivity index (χ4n) is 2.68. The molecule has 27 heavy (non-hydrogen) atoms. The van der Waals surface area contributed by atoms with Crippen molar-refractivity contribution in [1.29, 1.82) is 0 Å². The summed E-state index contributed by atoms with van der Waals surface area (Å²) in [4.78, 5) is 12.3. The van der Waals surface area contributed by atoms with E-state index < -0.39 is 0 Å². The number of halogens is 1. The number of furan rings is 1. The van der Waals surface area contributed by atoms with Crippen molar-refractivity contribution in [3.8, 4) is 5.75 Å². The molecule has 0 aliphatic carbocycles. The van der Waals surface area contributed by atoms with E-state index in [2.05, 4.69) is 10.4 Å². The molecular weight excluding hydrogens is 366 g/mol. The molecule has 0 spiro atoms. The first kappa shape index (κ1) is 19.0. The fraction of sp³-hybridized carbons (Fsp3) is 0.300. The van der Waals surface area contributed by atoms with Crippen molar-refractivity contribution in [2.45, 2.75) is 40.5 Å². The number of carbonyl (C=O) groups excluding carboxylic acids is 1. The first-order valence-electron chi connectivity index (χ1n) is 8.75. The maximum atomic E-state index is 12.3. The second-order valence-corrected chi connectivity index (χ2v) is 6.63. The van der Waals surface area contributed by atoms with Crippen LogP contribution in [0.15, 0.2) is 40.9 Å². The van der Waals surface area contributed by atoms with E-state index in [1.165, 1.54) is 0 Å². The van der Waals surface area contributed by atoms with Gasteiger partial charge in [0.25, 0.3) is 5.91 Å². The Hall–Kier alpha value is -2.73. The minimum Gasteiger partial charge on any atom is -0.486 e. The predicted octanol–water partition coefficient (Wildman–Crippen LogP) is 4.28. The highest BCUT2D eigenvalue weighted by Gasteiger charge is 2.13. The Labute approximate surface area is 163 Å². The summed E-state index contributed by atoms with van der Waals surface area (Å²) in [5.41, 5.74) is 2.97. The van der Waals surface area contributed by atoms with Gasteiger partial charge in [-0.1, -0.05) is 11.6 Å². The average Bonchev–Trinajstić information content (AvgIpc) is 3.27.